The van der Waals surface area contributed by atoms with Crippen molar-refractivity contribution >= 4 is 11.0 Å². The quantitative estimate of drug-likeness (QED) is 0.400. The zero-order valence-electron chi connectivity index (χ0n) is 19.2. The van der Waals surface area contributed by atoms with E-state index in [0.717, 1.165) is 46.2 Å². The molecule has 4 nitrogen and oxygen atoms in total. The van der Waals surface area contributed by atoms with Gasteiger partial charge in [-0.05, 0) is 81.1 Å². The molecule has 1 aliphatic heterocycles. The third-order valence-corrected chi connectivity index (χ3v) is 7.50. The van der Waals surface area contributed by atoms with Crippen molar-refractivity contribution < 1.29 is 9.26 Å². The first-order valence-electron chi connectivity index (χ1n) is 12.6. The van der Waals surface area contributed by atoms with Gasteiger partial charge in [-0.1, -0.05) is 54.8 Å². The van der Waals surface area contributed by atoms with Crippen molar-refractivity contribution in [1.29, 1.82) is 0 Å². The van der Waals surface area contributed by atoms with E-state index in [1.54, 1.807) is 0 Å². The first-order valence-corrected chi connectivity index (χ1v) is 12.6. The van der Waals surface area contributed by atoms with E-state index >= 15 is 0 Å². The van der Waals surface area contributed by atoms with Crippen LogP contribution in [0.15, 0.2) is 53.1 Å². The molecule has 0 N–H and O–H groups in total. The second-order valence-electron chi connectivity index (χ2n) is 9.85. The molecule has 0 atom stereocenters. The first kappa shape index (κ1) is 21.5. The lowest BCUT2D eigenvalue weighted by molar-refractivity contribution is 0.142. The highest BCUT2D eigenvalue weighted by atomic mass is 16.5. The van der Waals surface area contributed by atoms with Crippen molar-refractivity contribution in [2.24, 2.45) is 11.8 Å². The van der Waals surface area contributed by atoms with Gasteiger partial charge in [-0.15, -0.1) is 0 Å². The van der Waals surface area contributed by atoms with Gasteiger partial charge in [0.25, 0.3) is 0 Å². The molecule has 170 valence electrons. The second-order valence-corrected chi connectivity index (χ2v) is 9.85. The molecular formula is C28H36N2O2. The molecule has 1 saturated carbocycles. The SMILES string of the molecule is c1ccc(COc2ccc3c(CCC4CCN(CC5CCCCC5)CC4)noc3c2)cc1. The molecule has 5 rings (SSSR count). The number of nitrogens with zero attached hydrogens (tertiary/aromatic N) is 2. The van der Waals surface area contributed by atoms with Crippen molar-refractivity contribution in [3.63, 3.8) is 0 Å². The Balaban J connectivity index is 1.09. The molecule has 0 amide bonds. The maximum atomic E-state index is 5.94. The van der Waals surface area contributed by atoms with Gasteiger partial charge in [0.15, 0.2) is 5.58 Å². The Hall–Kier alpha value is -2.33. The van der Waals surface area contributed by atoms with E-state index in [0.29, 0.717) is 6.61 Å². The lowest BCUT2D eigenvalue weighted by atomic mass is 9.87. The minimum absolute atomic E-state index is 0.562. The maximum Gasteiger partial charge on any atom is 0.170 e. The van der Waals surface area contributed by atoms with E-state index in [4.69, 9.17) is 9.26 Å². The number of ether oxygens (including phenoxy) is 1. The molecule has 0 unspecified atom stereocenters. The summed E-state index contributed by atoms with van der Waals surface area (Å²) in [5.41, 5.74) is 3.09. The van der Waals surface area contributed by atoms with E-state index in [1.807, 2.05) is 30.3 Å². The molecule has 2 heterocycles. The van der Waals surface area contributed by atoms with Crippen LogP contribution in [0.1, 0.15) is 62.6 Å². The molecule has 0 spiro atoms. The summed E-state index contributed by atoms with van der Waals surface area (Å²) < 4.78 is 11.6. The van der Waals surface area contributed by atoms with E-state index in [-0.39, 0.29) is 0 Å². The van der Waals surface area contributed by atoms with Gasteiger partial charge in [-0.25, -0.2) is 0 Å². The smallest absolute Gasteiger partial charge is 0.170 e. The summed E-state index contributed by atoms with van der Waals surface area (Å²) in [4.78, 5) is 2.73. The molecule has 2 aliphatic rings. The number of likely N-dealkylation sites (tertiary alicyclic amines) is 1. The summed E-state index contributed by atoms with van der Waals surface area (Å²) >= 11 is 0. The van der Waals surface area contributed by atoms with Crippen LogP contribution in [0.5, 0.6) is 5.75 Å². The Morgan fingerprint density at radius 1 is 0.906 bits per heavy atom. The van der Waals surface area contributed by atoms with Crippen LogP contribution in [0.3, 0.4) is 0 Å². The molecule has 4 heteroatoms. The normalized spacial score (nSPS) is 18.9. The average molecular weight is 433 g/mol. The zero-order valence-corrected chi connectivity index (χ0v) is 19.2. The molecule has 32 heavy (non-hydrogen) atoms. The molecular weight excluding hydrogens is 396 g/mol. The highest BCUT2D eigenvalue weighted by Gasteiger charge is 2.23. The van der Waals surface area contributed by atoms with Crippen LogP contribution in [0.2, 0.25) is 0 Å². The van der Waals surface area contributed by atoms with Crippen molar-refractivity contribution in [3.8, 4) is 5.75 Å². The largest absolute Gasteiger partial charge is 0.489 e. The second kappa shape index (κ2) is 10.5. The molecule has 2 fully saturated rings. The number of piperidine rings is 1. The van der Waals surface area contributed by atoms with Crippen LogP contribution < -0.4 is 4.74 Å². The van der Waals surface area contributed by atoms with Gasteiger partial charge >= 0.3 is 0 Å². The van der Waals surface area contributed by atoms with Crippen LogP contribution in [-0.2, 0) is 13.0 Å². The van der Waals surface area contributed by atoms with Gasteiger partial charge in [-0.3, -0.25) is 0 Å². The highest BCUT2D eigenvalue weighted by molar-refractivity contribution is 5.80. The average Bonchev–Trinajstić information content (AvgIpc) is 3.26. The van der Waals surface area contributed by atoms with Crippen molar-refractivity contribution in [2.75, 3.05) is 19.6 Å². The Morgan fingerprint density at radius 3 is 2.53 bits per heavy atom. The van der Waals surface area contributed by atoms with Gasteiger partial charge < -0.3 is 14.2 Å². The van der Waals surface area contributed by atoms with Crippen LogP contribution in [-0.4, -0.2) is 29.7 Å². The molecule has 0 radical (unpaired) electrons. The predicted molar refractivity (Wildman–Crippen MR) is 129 cm³/mol. The fourth-order valence-electron chi connectivity index (χ4n) is 5.51. The fraction of sp³-hybridized carbons (Fsp3) is 0.536. The number of rotatable bonds is 8. The lowest BCUT2D eigenvalue weighted by Gasteiger charge is -2.35. The lowest BCUT2D eigenvalue weighted by Crippen LogP contribution is -2.37. The Kier molecular flexibility index (Phi) is 7.07. The van der Waals surface area contributed by atoms with E-state index in [2.05, 4.69) is 28.3 Å². The number of hydrogen-bond acceptors (Lipinski definition) is 4. The predicted octanol–water partition coefficient (Wildman–Crippen LogP) is 6.63. The Morgan fingerprint density at radius 2 is 1.72 bits per heavy atom. The third-order valence-electron chi connectivity index (χ3n) is 7.50. The van der Waals surface area contributed by atoms with E-state index in [1.165, 1.54) is 71.0 Å². The number of benzene rings is 2. The summed E-state index contributed by atoms with van der Waals surface area (Å²) in [6.45, 7) is 4.47. The fourth-order valence-corrected chi connectivity index (χ4v) is 5.51. The monoisotopic (exact) mass is 432 g/mol. The van der Waals surface area contributed by atoms with Crippen molar-refractivity contribution in [1.82, 2.24) is 10.1 Å². The summed E-state index contributed by atoms with van der Waals surface area (Å²) in [6.07, 6.45) is 12.2. The van der Waals surface area contributed by atoms with Crippen LogP contribution in [0, 0.1) is 11.8 Å². The van der Waals surface area contributed by atoms with E-state index in [9.17, 15) is 0 Å². The first-order chi connectivity index (χ1) is 15.8. The summed E-state index contributed by atoms with van der Waals surface area (Å²) in [5, 5.41) is 5.52. The number of aryl methyl sites for hydroxylation is 1. The molecule has 1 aliphatic carbocycles. The Labute approximate surface area is 191 Å². The summed E-state index contributed by atoms with van der Waals surface area (Å²) in [6, 6.07) is 16.3. The molecule has 1 aromatic heterocycles. The number of aromatic nitrogens is 1. The van der Waals surface area contributed by atoms with Gasteiger partial charge in [0.1, 0.15) is 12.4 Å². The van der Waals surface area contributed by atoms with Gasteiger partial charge in [-0.2, -0.15) is 0 Å². The van der Waals surface area contributed by atoms with Gasteiger partial charge in [0.2, 0.25) is 0 Å². The maximum absolute atomic E-state index is 5.94. The highest BCUT2D eigenvalue weighted by Crippen LogP contribution is 2.29. The topological polar surface area (TPSA) is 38.5 Å². The molecule has 0 bridgehead atoms. The van der Waals surface area contributed by atoms with Gasteiger partial charge in [0, 0.05) is 18.0 Å². The van der Waals surface area contributed by atoms with E-state index < -0.39 is 0 Å². The zero-order chi connectivity index (χ0) is 21.6. The standard InChI is InChI=1S/C28H36N2O2/c1-3-7-23(8-4-1)20-30-17-15-22(16-18-30)11-14-27-26-13-12-25(19-28(26)32-29-27)31-21-24-9-5-2-6-10-24/h2,5-6,9-10,12-13,19,22-23H,1,3-4,7-8,11,14-18,20-21H2. The van der Waals surface area contributed by atoms with Crippen LogP contribution in [0.4, 0.5) is 0 Å². The minimum Gasteiger partial charge on any atom is -0.489 e. The molecule has 1 saturated heterocycles. The van der Waals surface area contributed by atoms with Crippen LogP contribution in [0.25, 0.3) is 11.0 Å². The summed E-state index contributed by atoms with van der Waals surface area (Å²) in [5.74, 6) is 2.61. The number of fused-ring (bicyclic) bond motifs is 1. The van der Waals surface area contributed by atoms with Crippen molar-refractivity contribution in [3.05, 3.63) is 59.8 Å². The minimum atomic E-state index is 0.562. The Bertz CT molecular complexity index is 970. The summed E-state index contributed by atoms with van der Waals surface area (Å²) in [7, 11) is 0. The van der Waals surface area contributed by atoms with Crippen molar-refractivity contribution in [2.45, 2.75) is 64.4 Å². The van der Waals surface area contributed by atoms with Crippen LogP contribution >= 0.6 is 0 Å². The molecule has 3 aromatic rings. The molecule has 2 aromatic carbocycles. The third kappa shape index (κ3) is 5.53. The number of hydrogen-bond donors (Lipinski definition) is 0. The van der Waals surface area contributed by atoms with Gasteiger partial charge in [0.05, 0.1) is 5.69 Å².